The number of tetrazole rings is 1. The average Bonchev–Trinajstić information content (AvgIpc) is 3.56. The summed E-state index contributed by atoms with van der Waals surface area (Å²) in [6, 6.07) is 17.4. The van der Waals surface area contributed by atoms with Gasteiger partial charge in [-0.2, -0.15) is 0 Å². The molecule has 5 aromatic rings. The number of carboxylic acid groups (broad SMARTS) is 2. The molecule has 0 spiro atoms. The summed E-state index contributed by atoms with van der Waals surface area (Å²) in [4.78, 5) is 51.1. The molecule has 0 saturated heterocycles. The fourth-order valence-corrected chi connectivity index (χ4v) is 4.37. The number of aryl methyl sites for hydroxylation is 2. The summed E-state index contributed by atoms with van der Waals surface area (Å²) in [7, 11) is 1.58. The molecule has 3 heterocycles. The van der Waals surface area contributed by atoms with Crippen molar-refractivity contribution in [3.8, 4) is 39.7 Å². The predicted molar refractivity (Wildman–Crippen MR) is 157 cm³/mol. The SMILES string of the molecule is CCc1cc(C(=O)O)c(=O)[nH]c1-c1ccc(-c2nnn[nH]2)cc1.CCc1cc(C(=O)O)c(=O)[nH]c1-c1ccc(OC)cc1. The Bertz CT molecular complexity index is 1860. The smallest absolute Gasteiger partial charge is 0.341 e. The summed E-state index contributed by atoms with van der Waals surface area (Å²) < 4.78 is 5.09. The summed E-state index contributed by atoms with van der Waals surface area (Å²) >= 11 is 0. The van der Waals surface area contributed by atoms with Crippen molar-refractivity contribution in [1.29, 1.82) is 0 Å². The zero-order valence-electron chi connectivity index (χ0n) is 23.5. The molecule has 0 radical (unpaired) electrons. The number of hydrogen-bond donors (Lipinski definition) is 5. The summed E-state index contributed by atoms with van der Waals surface area (Å²) in [5.74, 6) is -1.19. The molecule has 0 fully saturated rings. The fourth-order valence-electron chi connectivity index (χ4n) is 4.37. The minimum Gasteiger partial charge on any atom is -0.497 e. The number of aromatic amines is 3. The van der Waals surface area contributed by atoms with Crippen molar-refractivity contribution in [2.75, 3.05) is 7.11 Å². The predicted octanol–water partition coefficient (Wildman–Crippen LogP) is 3.79. The zero-order chi connectivity index (χ0) is 31.1. The first-order chi connectivity index (χ1) is 20.7. The molecule has 220 valence electrons. The molecule has 0 unspecified atom stereocenters. The van der Waals surface area contributed by atoms with Gasteiger partial charge in [0.25, 0.3) is 11.1 Å². The van der Waals surface area contributed by atoms with Gasteiger partial charge in [0.1, 0.15) is 16.9 Å². The first-order valence-electron chi connectivity index (χ1n) is 13.1. The van der Waals surface area contributed by atoms with E-state index in [0.29, 0.717) is 30.1 Å². The van der Waals surface area contributed by atoms with Gasteiger partial charge in [0.05, 0.1) is 18.5 Å². The number of carboxylic acids is 2. The first-order valence-corrected chi connectivity index (χ1v) is 13.1. The Kier molecular flexibility index (Phi) is 9.25. The van der Waals surface area contributed by atoms with Crippen LogP contribution in [0.25, 0.3) is 33.9 Å². The number of nitrogens with one attached hydrogen (secondary N) is 3. The number of hydrogen-bond acceptors (Lipinski definition) is 8. The third kappa shape index (κ3) is 6.73. The highest BCUT2D eigenvalue weighted by atomic mass is 16.5. The van der Waals surface area contributed by atoms with Gasteiger partial charge in [-0.3, -0.25) is 9.59 Å². The lowest BCUT2D eigenvalue weighted by molar-refractivity contribution is 0.0684. The van der Waals surface area contributed by atoms with Crippen LogP contribution in [-0.4, -0.2) is 59.9 Å². The first kappa shape index (κ1) is 30.1. The van der Waals surface area contributed by atoms with E-state index in [9.17, 15) is 19.2 Å². The van der Waals surface area contributed by atoms with Crippen LogP contribution < -0.4 is 15.9 Å². The molecule has 0 amide bonds. The third-order valence-electron chi connectivity index (χ3n) is 6.64. The minimum atomic E-state index is -1.24. The van der Waals surface area contributed by atoms with Crippen molar-refractivity contribution in [3.63, 3.8) is 0 Å². The second-order valence-electron chi connectivity index (χ2n) is 9.20. The van der Waals surface area contributed by atoms with E-state index < -0.39 is 23.1 Å². The third-order valence-corrected chi connectivity index (χ3v) is 6.64. The number of H-pyrrole nitrogens is 3. The topological polar surface area (TPSA) is 204 Å². The van der Waals surface area contributed by atoms with Gasteiger partial charge in [-0.15, -0.1) is 5.10 Å². The standard InChI is InChI=1S/C15H13N5O3.C15H15NO4/c1-2-8-7-11(15(22)23)14(21)16-12(8)9-3-5-10(6-4-9)13-17-19-20-18-13;1-3-9-8-12(15(18)19)14(17)16-13(9)10-4-6-11(20-2)7-5-10/h3-7H,2H2,1H3,(H,16,21)(H,22,23)(H,17,18,19,20);4-8H,3H2,1-2H3,(H,16,17)(H,18,19). The summed E-state index contributed by atoms with van der Waals surface area (Å²) in [5.41, 5.74) is 3.51. The molecule has 13 nitrogen and oxygen atoms in total. The Morgan fingerprint density at radius 1 is 0.744 bits per heavy atom. The number of nitrogens with zero attached hydrogens (tertiary/aromatic N) is 3. The van der Waals surface area contributed by atoms with Crippen LogP contribution in [0.3, 0.4) is 0 Å². The van der Waals surface area contributed by atoms with Crippen molar-refractivity contribution in [2.24, 2.45) is 0 Å². The number of methoxy groups -OCH3 is 1. The lowest BCUT2D eigenvalue weighted by Crippen LogP contribution is -2.19. The number of aromatic carboxylic acids is 2. The Morgan fingerprint density at radius 2 is 1.19 bits per heavy atom. The highest BCUT2D eigenvalue weighted by Crippen LogP contribution is 2.25. The van der Waals surface area contributed by atoms with Gasteiger partial charge in [0.15, 0.2) is 5.82 Å². The van der Waals surface area contributed by atoms with Crippen LogP contribution in [0.4, 0.5) is 0 Å². The Morgan fingerprint density at radius 3 is 1.56 bits per heavy atom. The Labute approximate surface area is 244 Å². The van der Waals surface area contributed by atoms with Gasteiger partial charge in [0.2, 0.25) is 0 Å². The molecule has 2 aromatic carbocycles. The van der Waals surface area contributed by atoms with Gasteiger partial charge >= 0.3 is 11.9 Å². The molecule has 43 heavy (non-hydrogen) atoms. The molecule has 0 saturated carbocycles. The number of pyridine rings is 2. The summed E-state index contributed by atoms with van der Waals surface area (Å²) in [6.07, 6.45) is 1.22. The van der Waals surface area contributed by atoms with Crippen LogP contribution in [0.5, 0.6) is 5.75 Å². The zero-order valence-corrected chi connectivity index (χ0v) is 23.5. The van der Waals surface area contributed by atoms with Crippen molar-refractivity contribution in [3.05, 3.63) is 104 Å². The molecular formula is C30H28N6O7. The lowest BCUT2D eigenvalue weighted by Gasteiger charge is -2.09. The van der Waals surface area contributed by atoms with E-state index in [1.807, 2.05) is 50.2 Å². The number of ether oxygens (including phenoxy) is 1. The quantitative estimate of drug-likeness (QED) is 0.178. The van der Waals surface area contributed by atoms with Crippen molar-refractivity contribution in [2.45, 2.75) is 26.7 Å². The van der Waals surface area contributed by atoms with Crippen LogP contribution in [-0.2, 0) is 12.8 Å². The van der Waals surface area contributed by atoms with Crippen LogP contribution in [0, 0.1) is 0 Å². The molecule has 0 aliphatic rings. The number of carbonyl (C=O) groups is 2. The van der Waals surface area contributed by atoms with Crippen molar-refractivity contribution >= 4 is 11.9 Å². The molecule has 0 aliphatic carbocycles. The monoisotopic (exact) mass is 584 g/mol. The van der Waals surface area contributed by atoms with Crippen LogP contribution in [0.2, 0.25) is 0 Å². The molecule has 0 atom stereocenters. The van der Waals surface area contributed by atoms with Gasteiger partial charge in [-0.25, -0.2) is 14.7 Å². The summed E-state index contributed by atoms with van der Waals surface area (Å²) in [5, 5.41) is 31.6. The maximum atomic E-state index is 11.9. The normalized spacial score (nSPS) is 10.5. The molecule has 0 aliphatic heterocycles. The maximum absolute atomic E-state index is 11.9. The highest BCUT2D eigenvalue weighted by Gasteiger charge is 2.15. The van der Waals surface area contributed by atoms with Crippen LogP contribution in [0.15, 0.2) is 70.3 Å². The average molecular weight is 585 g/mol. The van der Waals surface area contributed by atoms with E-state index in [1.165, 1.54) is 12.1 Å². The van der Waals surface area contributed by atoms with E-state index in [4.69, 9.17) is 14.9 Å². The van der Waals surface area contributed by atoms with Gasteiger partial charge < -0.3 is 24.9 Å². The molecule has 0 bridgehead atoms. The van der Waals surface area contributed by atoms with E-state index in [2.05, 4.69) is 30.6 Å². The summed E-state index contributed by atoms with van der Waals surface area (Å²) in [6.45, 7) is 3.81. The highest BCUT2D eigenvalue weighted by molar-refractivity contribution is 5.88. The molecular weight excluding hydrogens is 556 g/mol. The van der Waals surface area contributed by atoms with E-state index >= 15 is 0 Å². The Balaban J connectivity index is 0.000000199. The fraction of sp³-hybridized carbons (Fsp3) is 0.167. The second-order valence-corrected chi connectivity index (χ2v) is 9.20. The van der Waals surface area contributed by atoms with E-state index in [-0.39, 0.29) is 11.1 Å². The largest absolute Gasteiger partial charge is 0.497 e. The van der Waals surface area contributed by atoms with Crippen molar-refractivity contribution in [1.82, 2.24) is 30.6 Å². The molecule has 5 rings (SSSR count). The van der Waals surface area contributed by atoms with Crippen LogP contribution >= 0.6 is 0 Å². The van der Waals surface area contributed by atoms with E-state index in [1.54, 1.807) is 19.2 Å². The van der Waals surface area contributed by atoms with Gasteiger partial charge in [-0.1, -0.05) is 38.1 Å². The molecule has 3 aromatic heterocycles. The Hall–Kier alpha value is -5.85. The minimum absolute atomic E-state index is 0.237. The number of rotatable bonds is 8. The number of aromatic nitrogens is 6. The van der Waals surface area contributed by atoms with E-state index in [0.717, 1.165) is 33.6 Å². The van der Waals surface area contributed by atoms with Crippen molar-refractivity contribution < 1.29 is 24.5 Å². The molecule has 13 heteroatoms. The molecule has 5 N–H and O–H groups in total. The van der Waals surface area contributed by atoms with Gasteiger partial charge in [0, 0.05) is 5.56 Å². The lowest BCUT2D eigenvalue weighted by atomic mass is 10.0. The van der Waals surface area contributed by atoms with Gasteiger partial charge in [-0.05, 0) is 81.9 Å². The van der Waals surface area contributed by atoms with Crippen LogP contribution in [0.1, 0.15) is 45.7 Å². The maximum Gasteiger partial charge on any atom is 0.341 e. The number of benzene rings is 2. The second kappa shape index (κ2) is 13.2.